The van der Waals surface area contributed by atoms with Gasteiger partial charge in [0.25, 0.3) is 0 Å². The van der Waals surface area contributed by atoms with Crippen LogP contribution >= 0.6 is 24.2 Å². The molecule has 4 nitrogen and oxygen atoms in total. The summed E-state index contributed by atoms with van der Waals surface area (Å²) in [5, 5.41) is 2.89. The van der Waals surface area contributed by atoms with Gasteiger partial charge in [-0.15, -0.1) is 24.2 Å². The first-order chi connectivity index (χ1) is 10.2. The van der Waals surface area contributed by atoms with Gasteiger partial charge in [-0.3, -0.25) is 4.79 Å². The first kappa shape index (κ1) is 19.2. The van der Waals surface area contributed by atoms with E-state index >= 15 is 0 Å². The molecule has 3 N–H and O–H groups in total. The summed E-state index contributed by atoms with van der Waals surface area (Å²) in [6.45, 7) is 1.10. The van der Waals surface area contributed by atoms with Crippen LogP contribution in [0.25, 0.3) is 0 Å². The van der Waals surface area contributed by atoms with E-state index in [9.17, 15) is 9.18 Å². The van der Waals surface area contributed by atoms with Crippen molar-refractivity contribution in [2.45, 2.75) is 36.4 Å². The lowest BCUT2D eigenvalue weighted by Crippen LogP contribution is -2.36. The monoisotopic (exact) mass is 348 g/mol. The van der Waals surface area contributed by atoms with Crippen LogP contribution in [0.2, 0.25) is 0 Å². The molecule has 0 unspecified atom stereocenters. The van der Waals surface area contributed by atoms with Crippen LogP contribution in [0.5, 0.6) is 0 Å². The minimum atomic E-state index is -0.344. The van der Waals surface area contributed by atoms with Gasteiger partial charge < -0.3 is 15.8 Å². The highest BCUT2D eigenvalue weighted by Crippen LogP contribution is 2.20. The highest BCUT2D eigenvalue weighted by molar-refractivity contribution is 7.99. The second-order valence-corrected chi connectivity index (χ2v) is 6.18. The molecule has 0 aliphatic carbocycles. The van der Waals surface area contributed by atoms with Crippen molar-refractivity contribution in [3.8, 4) is 0 Å². The Bertz CT molecular complexity index is 461. The summed E-state index contributed by atoms with van der Waals surface area (Å²) in [4.78, 5) is 12.9. The van der Waals surface area contributed by atoms with Gasteiger partial charge in [0.15, 0.2) is 0 Å². The number of nitrogens with two attached hydrogens (primary N) is 1. The van der Waals surface area contributed by atoms with Crippen LogP contribution in [0.4, 0.5) is 4.39 Å². The van der Waals surface area contributed by atoms with Crippen LogP contribution in [0.3, 0.4) is 0 Å². The van der Waals surface area contributed by atoms with Gasteiger partial charge in [-0.05, 0) is 49.3 Å². The lowest BCUT2D eigenvalue weighted by atomic mass is 10.2. The number of nitrogens with one attached hydrogen (secondary N) is 1. The van der Waals surface area contributed by atoms with Crippen LogP contribution in [0.15, 0.2) is 29.2 Å². The Morgan fingerprint density at radius 1 is 1.36 bits per heavy atom. The zero-order chi connectivity index (χ0) is 15.1. The summed E-state index contributed by atoms with van der Waals surface area (Å²) in [5.74, 6) is 0.611. The predicted molar refractivity (Wildman–Crippen MR) is 88.9 cm³/mol. The largest absolute Gasteiger partial charge is 0.364 e. The number of ether oxygens (including phenoxy) is 1. The van der Waals surface area contributed by atoms with Crippen molar-refractivity contribution in [3.05, 3.63) is 30.1 Å². The summed E-state index contributed by atoms with van der Waals surface area (Å²) in [6.07, 6.45) is 2.14. The average molecular weight is 349 g/mol. The number of halogens is 2. The summed E-state index contributed by atoms with van der Waals surface area (Å²) in [7, 11) is 0. The molecular weight excluding hydrogens is 327 g/mol. The molecular formula is C15H22ClFN2O2S. The van der Waals surface area contributed by atoms with Crippen LogP contribution < -0.4 is 11.1 Å². The fraction of sp³-hybridized carbons (Fsp3) is 0.533. The van der Waals surface area contributed by atoms with Crippen LogP contribution in [-0.2, 0) is 9.53 Å². The second kappa shape index (κ2) is 10.0. The molecule has 124 valence electrons. The number of hydrogen-bond donors (Lipinski definition) is 2. The highest BCUT2D eigenvalue weighted by Gasteiger charge is 2.29. The van der Waals surface area contributed by atoms with E-state index in [1.54, 1.807) is 23.9 Å². The number of carbonyl (C=O) groups excluding carboxylic acids is 1. The van der Waals surface area contributed by atoms with Gasteiger partial charge in [0, 0.05) is 18.0 Å². The molecule has 0 aromatic heterocycles. The van der Waals surface area contributed by atoms with Gasteiger partial charge in [-0.2, -0.15) is 0 Å². The molecule has 1 amide bonds. The minimum Gasteiger partial charge on any atom is -0.364 e. The van der Waals surface area contributed by atoms with Crippen molar-refractivity contribution in [2.75, 3.05) is 18.8 Å². The maximum atomic E-state index is 12.7. The topological polar surface area (TPSA) is 64.4 Å². The van der Waals surface area contributed by atoms with E-state index < -0.39 is 0 Å². The first-order valence-corrected chi connectivity index (χ1v) is 8.19. The van der Waals surface area contributed by atoms with Crippen LogP contribution in [0, 0.1) is 5.82 Å². The molecule has 2 rings (SSSR count). The number of hydrogen-bond acceptors (Lipinski definition) is 4. The number of amides is 1. The molecule has 1 aromatic rings. The summed E-state index contributed by atoms with van der Waals surface area (Å²) >= 11 is 1.65. The third-order valence-electron chi connectivity index (χ3n) is 3.37. The Kier molecular flexibility index (Phi) is 8.78. The lowest BCUT2D eigenvalue weighted by Gasteiger charge is -2.12. The highest BCUT2D eigenvalue weighted by atomic mass is 35.5. The Morgan fingerprint density at radius 2 is 2.09 bits per heavy atom. The SMILES string of the molecule is Cl.NC[C@H]1CC[C@@H](C(=O)NCCCSc2ccc(F)cc2)O1. The number of benzene rings is 1. The molecule has 1 aliphatic rings. The first-order valence-electron chi connectivity index (χ1n) is 7.20. The Balaban J connectivity index is 0.00000242. The Morgan fingerprint density at radius 3 is 2.73 bits per heavy atom. The Hall–Kier alpha value is -0.820. The van der Waals surface area contributed by atoms with E-state index in [2.05, 4.69) is 5.32 Å². The van der Waals surface area contributed by atoms with Gasteiger partial charge in [-0.25, -0.2) is 4.39 Å². The molecule has 22 heavy (non-hydrogen) atoms. The van der Waals surface area contributed by atoms with E-state index in [0.29, 0.717) is 13.1 Å². The Labute approximate surface area is 140 Å². The van der Waals surface area contributed by atoms with Gasteiger partial charge >= 0.3 is 0 Å². The van der Waals surface area contributed by atoms with Crippen molar-refractivity contribution >= 4 is 30.1 Å². The zero-order valence-electron chi connectivity index (χ0n) is 12.3. The van der Waals surface area contributed by atoms with Crippen LogP contribution in [0.1, 0.15) is 19.3 Å². The smallest absolute Gasteiger partial charge is 0.249 e. The molecule has 1 fully saturated rings. The number of thioether (sulfide) groups is 1. The molecule has 0 bridgehead atoms. The van der Waals surface area contributed by atoms with E-state index in [1.807, 2.05) is 0 Å². The van der Waals surface area contributed by atoms with E-state index in [0.717, 1.165) is 29.9 Å². The van der Waals surface area contributed by atoms with E-state index in [1.165, 1.54) is 12.1 Å². The summed E-state index contributed by atoms with van der Waals surface area (Å²) in [5.41, 5.74) is 5.52. The van der Waals surface area contributed by atoms with E-state index in [4.69, 9.17) is 10.5 Å². The fourth-order valence-electron chi connectivity index (χ4n) is 2.19. The number of carbonyl (C=O) groups is 1. The molecule has 2 atom stereocenters. The quantitative estimate of drug-likeness (QED) is 0.586. The summed E-state index contributed by atoms with van der Waals surface area (Å²) < 4.78 is 18.3. The minimum absolute atomic E-state index is 0. The van der Waals surface area contributed by atoms with Crippen molar-refractivity contribution in [2.24, 2.45) is 5.73 Å². The summed E-state index contributed by atoms with van der Waals surface area (Å²) in [6, 6.07) is 6.43. The molecule has 1 saturated heterocycles. The molecule has 1 heterocycles. The maximum absolute atomic E-state index is 12.7. The van der Waals surface area contributed by atoms with Crippen LogP contribution in [-0.4, -0.2) is 37.0 Å². The molecule has 1 aromatic carbocycles. The maximum Gasteiger partial charge on any atom is 0.249 e. The fourth-order valence-corrected chi connectivity index (χ4v) is 3.04. The van der Waals surface area contributed by atoms with Crippen molar-refractivity contribution < 1.29 is 13.9 Å². The van der Waals surface area contributed by atoms with Crippen molar-refractivity contribution in [1.29, 1.82) is 0 Å². The molecule has 0 saturated carbocycles. The standard InChI is InChI=1S/C15H21FN2O2S.ClH/c16-11-2-5-13(6-3-11)21-9-1-8-18-15(19)14-7-4-12(10-17)20-14;/h2-3,5-6,12,14H,1,4,7-10,17H2,(H,18,19);1H/t12-,14+;/m1./s1. The lowest BCUT2D eigenvalue weighted by molar-refractivity contribution is -0.131. The van der Waals surface area contributed by atoms with E-state index in [-0.39, 0.29) is 36.3 Å². The third-order valence-corrected chi connectivity index (χ3v) is 4.46. The molecule has 7 heteroatoms. The van der Waals surface area contributed by atoms with Gasteiger partial charge in [-0.1, -0.05) is 0 Å². The second-order valence-electron chi connectivity index (χ2n) is 5.01. The normalized spacial score (nSPS) is 20.5. The zero-order valence-corrected chi connectivity index (χ0v) is 13.9. The van der Waals surface area contributed by atoms with Gasteiger partial charge in [0.05, 0.1) is 6.10 Å². The van der Waals surface area contributed by atoms with Gasteiger partial charge in [0.2, 0.25) is 5.91 Å². The van der Waals surface area contributed by atoms with Gasteiger partial charge in [0.1, 0.15) is 11.9 Å². The number of rotatable bonds is 7. The molecule has 0 spiro atoms. The molecule has 1 aliphatic heterocycles. The third kappa shape index (κ3) is 6.12. The predicted octanol–water partition coefficient (Wildman–Crippen LogP) is 2.35. The van der Waals surface area contributed by atoms with Crippen molar-refractivity contribution in [1.82, 2.24) is 5.32 Å². The molecule has 0 radical (unpaired) electrons. The van der Waals surface area contributed by atoms with Crippen molar-refractivity contribution in [3.63, 3.8) is 0 Å². The average Bonchev–Trinajstić information content (AvgIpc) is 2.98.